The Kier molecular flexibility index (Phi) is 15.3. The second kappa shape index (κ2) is 16.8. The van der Waals surface area contributed by atoms with Gasteiger partial charge >= 0.3 is 0 Å². The van der Waals surface area contributed by atoms with E-state index in [0.29, 0.717) is 58.0 Å². The van der Waals surface area contributed by atoms with Crippen molar-refractivity contribution in [2.75, 3.05) is 44.8 Å². The Morgan fingerprint density at radius 2 is 1.93 bits per heavy atom. The van der Waals surface area contributed by atoms with E-state index in [0.717, 1.165) is 0 Å². The minimum Gasteiger partial charge on any atom is -0.382 e. The van der Waals surface area contributed by atoms with Crippen LogP contribution in [0.15, 0.2) is 23.4 Å². The number of nitrogens with zero attached hydrogens (tertiary/aromatic N) is 1. The monoisotopic (exact) mass is 398 g/mol. The van der Waals surface area contributed by atoms with Gasteiger partial charge in [-0.3, -0.25) is 4.79 Å². The topological polar surface area (TPSA) is 152 Å². The number of nitrogens with one attached hydrogen (secondary N) is 2. The van der Waals surface area contributed by atoms with Gasteiger partial charge in [0.25, 0.3) is 5.91 Å². The molecular weight excluding hydrogens is 368 g/mol. The van der Waals surface area contributed by atoms with Gasteiger partial charge in [0, 0.05) is 18.8 Å². The molecule has 28 heavy (non-hydrogen) atoms. The number of carbonyl (C=O) groups is 2. The fourth-order valence-corrected chi connectivity index (χ4v) is 2.23. The van der Waals surface area contributed by atoms with Crippen molar-refractivity contribution < 1.29 is 24.2 Å². The van der Waals surface area contributed by atoms with Crippen LogP contribution in [0.5, 0.6) is 0 Å². The number of aliphatic hydroxyl groups excluding tert-OH is 1. The van der Waals surface area contributed by atoms with Crippen LogP contribution in [0, 0.1) is 4.91 Å². The molecule has 10 nitrogen and oxygen atoms in total. The average Bonchev–Trinajstić information content (AvgIpc) is 2.71. The zero-order chi connectivity index (χ0) is 21.2. The molecule has 1 aromatic rings. The van der Waals surface area contributed by atoms with Crippen molar-refractivity contribution >= 4 is 24.1 Å². The van der Waals surface area contributed by atoms with E-state index < -0.39 is 12.1 Å². The van der Waals surface area contributed by atoms with Gasteiger partial charge in [-0.1, -0.05) is 19.4 Å². The number of carbonyl (C=O) groups excluding carboxylic acids is 2. The molecule has 10 heteroatoms. The van der Waals surface area contributed by atoms with E-state index >= 15 is 0 Å². The second-order valence-electron chi connectivity index (χ2n) is 5.51. The maximum Gasteiger partial charge on any atom is 0.257 e. The first-order chi connectivity index (χ1) is 13.6. The number of hydrogen-bond donors (Lipinski definition) is 4. The summed E-state index contributed by atoms with van der Waals surface area (Å²) in [5, 5.41) is 18.2. The number of nitrogens with two attached hydrogens (primary N) is 1. The molecule has 0 spiro atoms. The van der Waals surface area contributed by atoms with E-state index in [2.05, 4.69) is 15.8 Å². The van der Waals surface area contributed by atoms with Gasteiger partial charge < -0.3 is 35.7 Å². The van der Waals surface area contributed by atoms with Gasteiger partial charge in [0.15, 0.2) is 0 Å². The van der Waals surface area contributed by atoms with Crippen molar-refractivity contribution in [1.29, 1.82) is 0 Å². The van der Waals surface area contributed by atoms with Crippen LogP contribution in [0.3, 0.4) is 0 Å². The van der Waals surface area contributed by atoms with Gasteiger partial charge in [-0.15, -0.1) is 4.91 Å². The van der Waals surface area contributed by atoms with E-state index in [4.69, 9.17) is 20.0 Å². The van der Waals surface area contributed by atoms with Gasteiger partial charge in [-0.05, 0) is 23.7 Å². The molecule has 0 heterocycles. The zero-order valence-electron chi connectivity index (χ0n) is 16.2. The predicted molar refractivity (Wildman–Crippen MR) is 107 cm³/mol. The summed E-state index contributed by atoms with van der Waals surface area (Å²) in [6, 6.07) is 4.74. The van der Waals surface area contributed by atoms with Gasteiger partial charge in [0.05, 0.1) is 32.0 Å². The summed E-state index contributed by atoms with van der Waals surface area (Å²) < 4.78 is 10.6. The third-order valence-electron chi connectivity index (χ3n) is 3.42. The third-order valence-corrected chi connectivity index (χ3v) is 3.42. The smallest absolute Gasteiger partial charge is 0.257 e. The number of nitroso groups, excluding NO2 is 1. The lowest BCUT2D eigenvalue weighted by Gasteiger charge is -2.16. The van der Waals surface area contributed by atoms with Crippen LogP contribution in [0.1, 0.15) is 30.1 Å². The molecule has 0 aliphatic carbocycles. The number of rotatable bonds is 14. The Bertz CT molecular complexity index is 573. The summed E-state index contributed by atoms with van der Waals surface area (Å²) in [6.07, 6.45) is 0.162. The van der Waals surface area contributed by atoms with Crippen LogP contribution in [-0.2, 0) is 14.3 Å². The number of aliphatic hydroxyl groups is 1. The Hall–Kier alpha value is -2.40. The molecule has 0 aliphatic rings. The largest absolute Gasteiger partial charge is 0.382 e. The van der Waals surface area contributed by atoms with Gasteiger partial charge in [0.2, 0.25) is 0 Å². The molecule has 1 aromatic carbocycles. The normalized spacial score (nSPS) is 11.1. The van der Waals surface area contributed by atoms with E-state index in [1.807, 2.05) is 13.7 Å². The Morgan fingerprint density at radius 1 is 1.25 bits per heavy atom. The van der Waals surface area contributed by atoms with Crippen LogP contribution in [0.2, 0.25) is 0 Å². The first kappa shape index (κ1) is 25.6. The molecule has 0 bridgehead atoms. The average molecular weight is 398 g/mol. The highest BCUT2D eigenvalue weighted by molar-refractivity contribution is 6.04. The quantitative estimate of drug-likeness (QED) is 0.207. The van der Waals surface area contributed by atoms with Crippen molar-refractivity contribution in [3.05, 3.63) is 28.7 Å². The van der Waals surface area contributed by atoms with E-state index in [1.165, 1.54) is 6.07 Å². The summed E-state index contributed by atoms with van der Waals surface area (Å²) >= 11 is 0. The first-order valence-electron chi connectivity index (χ1n) is 8.97. The maximum absolute atomic E-state index is 12.4. The fraction of sp³-hybridized carbons (Fsp3) is 0.556. The zero-order valence-corrected chi connectivity index (χ0v) is 16.2. The van der Waals surface area contributed by atoms with Crippen LogP contribution in [0.25, 0.3) is 0 Å². The molecule has 0 aliphatic heterocycles. The highest BCUT2D eigenvalue weighted by Gasteiger charge is 2.19. The third kappa shape index (κ3) is 10.1. The molecule has 0 saturated carbocycles. The van der Waals surface area contributed by atoms with Gasteiger partial charge in [0.1, 0.15) is 18.7 Å². The molecule has 0 fully saturated rings. The van der Waals surface area contributed by atoms with Crippen molar-refractivity contribution in [2.45, 2.75) is 26.0 Å². The SMILES string of the molecule is C=O.CCCC(O)NC(=O)c1c(N=O)cccc1NCCOCCOCCN. The van der Waals surface area contributed by atoms with Crippen molar-refractivity contribution in [1.82, 2.24) is 5.32 Å². The Labute approximate surface area is 164 Å². The summed E-state index contributed by atoms with van der Waals surface area (Å²) in [7, 11) is 0. The van der Waals surface area contributed by atoms with E-state index in [-0.39, 0.29) is 11.3 Å². The number of amides is 1. The highest BCUT2D eigenvalue weighted by Crippen LogP contribution is 2.26. The van der Waals surface area contributed by atoms with E-state index in [9.17, 15) is 14.8 Å². The summed E-state index contributed by atoms with van der Waals surface area (Å²) in [5.41, 5.74) is 5.87. The second-order valence-corrected chi connectivity index (χ2v) is 5.51. The molecule has 158 valence electrons. The first-order valence-corrected chi connectivity index (χ1v) is 8.97. The van der Waals surface area contributed by atoms with E-state index in [1.54, 1.807) is 12.1 Å². The lowest BCUT2D eigenvalue weighted by atomic mass is 10.1. The van der Waals surface area contributed by atoms with Crippen molar-refractivity contribution in [2.24, 2.45) is 10.9 Å². The molecule has 5 N–H and O–H groups in total. The van der Waals surface area contributed by atoms with Crippen LogP contribution in [-0.4, -0.2) is 63.5 Å². The maximum atomic E-state index is 12.4. The number of benzene rings is 1. The summed E-state index contributed by atoms with van der Waals surface area (Å²) in [5.74, 6) is -0.556. The lowest BCUT2D eigenvalue weighted by Crippen LogP contribution is -2.35. The number of ether oxygens (including phenoxy) is 2. The standard InChI is InChI=1S/C17H28N4O5.CH2O/c1-2-4-15(22)20-17(23)16-13(5-3-6-14(16)21-24)19-8-10-26-12-11-25-9-7-18;1-2/h3,5-6,15,19,22H,2,4,7-12,18H2,1H3,(H,20,23);1H2. The molecule has 0 saturated heterocycles. The summed E-state index contributed by atoms with van der Waals surface area (Å²) in [6.45, 7) is 6.58. The molecule has 1 unspecified atom stereocenters. The van der Waals surface area contributed by atoms with Crippen molar-refractivity contribution in [3.8, 4) is 0 Å². The minimum absolute atomic E-state index is 0.00676. The van der Waals surface area contributed by atoms with Crippen LogP contribution < -0.4 is 16.4 Å². The van der Waals surface area contributed by atoms with Gasteiger partial charge in [-0.25, -0.2) is 0 Å². The van der Waals surface area contributed by atoms with Gasteiger partial charge in [-0.2, -0.15) is 0 Å². The molecule has 0 aromatic heterocycles. The van der Waals surface area contributed by atoms with Crippen LogP contribution in [0.4, 0.5) is 11.4 Å². The molecule has 0 radical (unpaired) electrons. The predicted octanol–water partition coefficient (Wildman–Crippen LogP) is 1.15. The molecule has 1 rings (SSSR count). The molecule has 1 amide bonds. The Morgan fingerprint density at radius 3 is 2.54 bits per heavy atom. The molecular formula is C18H30N4O6. The fourth-order valence-electron chi connectivity index (χ4n) is 2.23. The molecule has 1 atom stereocenters. The number of anilines is 1. The van der Waals surface area contributed by atoms with Crippen LogP contribution >= 0.6 is 0 Å². The van der Waals surface area contributed by atoms with Crippen molar-refractivity contribution in [3.63, 3.8) is 0 Å². The summed E-state index contributed by atoms with van der Waals surface area (Å²) in [4.78, 5) is 31.4. The minimum atomic E-state index is -0.975. The number of hydrogen-bond acceptors (Lipinski definition) is 9. The lowest BCUT2D eigenvalue weighted by molar-refractivity contribution is -0.0980. The highest BCUT2D eigenvalue weighted by atomic mass is 16.5. The Balaban J connectivity index is 0.00000352.